The molecular formula is C14H13BrF3NO3. The summed E-state index contributed by atoms with van der Waals surface area (Å²) in [6.45, 7) is 0. The van der Waals surface area contributed by atoms with Crippen LogP contribution in [0.3, 0.4) is 0 Å². The van der Waals surface area contributed by atoms with Crippen molar-refractivity contribution in [2.24, 2.45) is 0 Å². The van der Waals surface area contributed by atoms with Crippen LogP contribution in [0.1, 0.15) is 24.4 Å². The number of hydrogen-bond donors (Lipinski definition) is 0. The topological polar surface area (TPSA) is 46.6 Å². The Morgan fingerprint density at radius 2 is 1.95 bits per heavy atom. The summed E-state index contributed by atoms with van der Waals surface area (Å²) >= 11 is 3.15. The first-order valence-electron chi connectivity index (χ1n) is 6.47. The highest BCUT2D eigenvalue weighted by Crippen LogP contribution is 2.42. The van der Waals surface area contributed by atoms with Gasteiger partial charge in [0.25, 0.3) is 0 Å². The summed E-state index contributed by atoms with van der Waals surface area (Å²) in [7, 11) is 1.09. The van der Waals surface area contributed by atoms with Crippen LogP contribution in [-0.4, -0.2) is 36.1 Å². The third kappa shape index (κ3) is 3.26. The van der Waals surface area contributed by atoms with Gasteiger partial charge in [0.05, 0.1) is 7.11 Å². The molecule has 1 aliphatic rings. The van der Waals surface area contributed by atoms with Crippen LogP contribution in [0.25, 0.3) is 0 Å². The van der Waals surface area contributed by atoms with Gasteiger partial charge in [0, 0.05) is 10.9 Å². The Morgan fingerprint density at radius 1 is 1.36 bits per heavy atom. The van der Waals surface area contributed by atoms with Crippen molar-refractivity contribution in [3.8, 4) is 0 Å². The molecular weight excluding hydrogens is 367 g/mol. The fraction of sp³-hybridized carbons (Fsp3) is 0.429. The molecule has 1 aliphatic heterocycles. The van der Waals surface area contributed by atoms with Crippen LogP contribution in [0.4, 0.5) is 13.2 Å². The summed E-state index contributed by atoms with van der Waals surface area (Å²) in [5.74, 6) is -1.54. The number of benzene rings is 1. The van der Waals surface area contributed by atoms with E-state index < -0.39 is 30.1 Å². The molecule has 1 fully saturated rings. The second kappa shape index (κ2) is 6.28. The first-order valence-corrected chi connectivity index (χ1v) is 7.26. The summed E-state index contributed by atoms with van der Waals surface area (Å²) in [4.78, 5) is 24.2. The molecule has 1 amide bonds. The lowest BCUT2D eigenvalue weighted by Gasteiger charge is -2.33. The van der Waals surface area contributed by atoms with Gasteiger partial charge in [-0.15, -0.1) is 0 Å². The quantitative estimate of drug-likeness (QED) is 0.757. The van der Waals surface area contributed by atoms with Crippen molar-refractivity contribution in [1.82, 2.24) is 4.90 Å². The highest BCUT2D eigenvalue weighted by atomic mass is 79.9. The van der Waals surface area contributed by atoms with Crippen molar-refractivity contribution in [3.05, 3.63) is 34.3 Å². The van der Waals surface area contributed by atoms with E-state index in [9.17, 15) is 22.8 Å². The van der Waals surface area contributed by atoms with Gasteiger partial charge in [0.2, 0.25) is 5.91 Å². The van der Waals surface area contributed by atoms with Gasteiger partial charge < -0.3 is 9.64 Å². The smallest absolute Gasteiger partial charge is 0.413 e. The van der Waals surface area contributed by atoms with E-state index in [4.69, 9.17) is 0 Å². The normalized spacial score (nSPS) is 20.1. The highest BCUT2D eigenvalue weighted by Gasteiger charge is 2.52. The molecule has 0 spiro atoms. The van der Waals surface area contributed by atoms with E-state index in [1.807, 2.05) is 0 Å². The molecule has 0 N–H and O–H groups in total. The number of halogens is 4. The maximum atomic E-state index is 13.5. The molecule has 1 heterocycles. The van der Waals surface area contributed by atoms with Crippen LogP contribution >= 0.6 is 15.9 Å². The summed E-state index contributed by atoms with van der Waals surface area (Å²) in [6, 6.07) is 2.10. The Bertz CT molecular complexity index is 574. The van der Waals surface area contributed by atoms with Gasteiger partial charge >= 0.3 is 12.1 Å². The van der Waals surface area contributed by atoms with Gasteiger partial charge in [-0.2, -0.15) is 13.2 Å². The first-order chi connectivity index (χ1) is 10.3. The van der Waals surface area contributed by atoms with Gasteiger partial charge in [-0.3, -0.25) is 4.79 Å². The third-order valence-corrected chi connectivity index (χ3v) is 4.03. The largest absolute Gasteiger partial charge is 0.467 e. The van der Waals surface area contributed by atoms with Gasteiger partial charge in [-0.05, 0) is 24.1 Å². The lowest BCUT2D eigenvalue weighted by molar-refractivity contribution is -0.196. The van der Waals surface area contributed by atoms with E-state index >= 15 is 0 Å². The van der Waals surface area contributed by atoms with E-state index in [0.717, 1.165) is 7.11 Å². The Kier molecular flexibility index (Phi) is 4.79. The number of rotatable bonds is 3. The molecule has 2 unspecified atom stereocenters. The fourth-order valence-electron chi connectivity index (χ4n) is 2.55. The predicted molar refractivity (Wildman–Crippen MR) is 74.8 cm³/mol. The summed E-state index contributed by atoms with van der Waals surface area (Å²) in [6.07, 6.45) is -4.78. The van der Waals surface area contributed by atoms with Crippen LogP contribution in [0, 0.1) is 0 Å². The van der Waals surface area contributed by atoms with Gasteiger partial charge in [0.1, 0.15) is 6.04 Å². The highest BCUT2D eigenvalue weighted by molar-refractivity contribution is 9.10. The molecule has 1 saturated heterocycles. The maximum absolute atomic E-state index is 13.5. The van der Waals surface area contributed by atoms with Crippen molar-refractivity contribution >= 4 is 27.8 Å². The average Bonchev–Trinajstić information content (AvgIpc) is 2.81. The molecule has 1 aromatic carbocycles. The second-order valence-electron chi connectivity index (χ2n) is 4.87. The van der Waals surface area contributed by atoms with Crippen LogP contribution in [0.15, 0.2) is 28.7 Å². The summed E-state index contributed by atoms with van der Waals surface area (Å²) < 4.78 is 45.7. The van der Waals surface area contributed by atoms with Crippen molar-refractivity contribution in [2.45, 2.75) is 31.1 Å². The molecule has 8 heteroatoms. The SMILES string of the molecule is COC(=O)C1CCC(=O)N1C(c1ccc(Br)cc1)C(F)(F)F. The number of methoxy groups -OCH3 is 1. The van der Waals surface area contributed by atoms with Crippen LogP contribution < -0.4 is 0 Å². The minimum Gasteiger partial charge on any atom is -0.467 e. The average molecular weight is 380 g/mol. The molecule has 0 bridgehead atoms. The molecule has 2 atom stereocenters. The molecule has 0 saturated carbocycles. The van der Waals surface area contributed by atoms with Crippen molar-refractivity contribution in [1.29, 1.82) is 0 Å². The molecule has 22 heavy (non-hydrogen) atoms. The maximum Gasteiger partial charge on any atom is 0.413 e. The number of nitrogens with zero attached hydrogens (tertiary/aromatic N) is 1. The van der Waals surface area contributed by atoms with Crippen molar-refractivity contribution < 1.29 is 27.5 Å². The first kappa shape index (κ1) is 16.8. The zero-order valence-corrected chi connectivity index (χ0v) is 13.1. The van der Waals surface area contributed by atoms with Crippen LogP contribution in [0.2, 0.25) is 0 Å². The molecule has 1 aromatic rings. The molecule has 2 rings (SSSR count). The zero-order valence-electron chi connectivity index (χ0n) is 11.6. The Morgan fingerprint density at radius 3 is 2.45 bits per heavy atom. The number of esters is 1. The number of alkyl halides is 3. The molecule has 4 nitrogen and oxygen atoms in total. The number of carbonyl (C=O) groups excluding carboxylic acids is 2. The minimum absolute atomic E-state index is 0.0224. The standard InChI is InChI=1S/C14H13BrF3NO3/c1-22-13(21)10-6-7-11(20)19(10)12(14(16,17)18)8-2-4-9(15)5-3-8/h2-5,10,12H,6-7H2,1H3. The Balaban J connectivity index is 2.46. The number of amides is 1. The van der Waals surface area contributed by atoms with E-state index in [1.165, 1.54) is 24.3 Å². The Labute approximate surface area is 133 Å². The number of ether oxygens (including phenoxy) is 1. The molecule has 0 aromatic heterocycles. The lowest BCUT2D eigenvalue weighted by atomic mass is 10.0. The number of carbonyl (C=O) groups is 2. The number of hydrogen-bond acceptors (Lipinski definition) is 3. The fourth-order valence-corrected chi connectivity index (χ4v) is 2.81. The molecule has 0 aliphatic carbocycles. The second-order valence-corrected chi connectivity index (χ2v) is 5.79. The Hall–Kier alpha value is -1.57. The van der Waals surface area contributed by atoms with Gasteiger partial charge in [0.15, 0.2) is 6.04 Å². The molecule has 120 valence electrons. The van der Waals surface area contributed by atoms with Gasteiger partial charge in [-0.1, -0.05) is 28.1 Å². The van der Waals surface area contributed by atoms with E-state index in [0.29, 0.717) is 9.37 Å². The third-order valence-electron chi connectivity index (χ3n) is 3.50. The minimum atomic E-state index is -4.69. The summed E-state index contributed by atoms with van der Waals surface area (Å²) in [5.41, 5.74) is -0.0974. The van der Waals surface area contributed by atoms with Crippen molar-refractivity contribution in [3.63, 3.8) is 0 Å². The van der Waals surface area contributed by atoms with E-state index in [-0.39, 0.29) is 18.4 Å². The van der Waals surface area contributed by atoms with Crippen LogP contribution in [0.5, 0.6) is 0 Å². The summed E-state index contributed by atoms with van der Waals surface area (Å²) in [5, 5.41) is 0. The van der Waals surface area contributed by atoms with E-state index in [1.54, 1.807) is 0 Å². The van der Waals surface area contributed by atoms with E-state index in [2.05, 4.69) is 20.7 Å². The van der Waals surface area contributed by atoms with Gasteiger partial charge in [-0.25, -0.2) is 4.79 Å². The van der Waals surface area contributed by atoms with Crippen molar-refractivity contribution in [2.75, 3.05) is 7.11 Å². The van der Waals surface area contributed by atoms with Crippen LogP contribution in [-0.2, 0) is 14.3 Å². The predicted octanol–water partition coefficient (Wildman–Crippen LogP) is 3.22. The molecule has 0 radical (unpaired) electrons. The zero-order chi connectivity index (χ0) is 16.5. The monoisotopic (exact) mass is 379 g/mol. The number of likely N-dealkylation sites (tertiary alicyclic amines) is 1. The lowest BCUT2D eigenvalue weighted by Crippen LogP contribution is -2.47.